The number of benzene rings is 3. The van der Waals surface area contributed by atoms with E-state index in [-0.39, 0.29) is 11.3 Å². The van der Waals surface area contributed by atoms with Gasteiger partial charge in [-0.25, -0.2) is 18.2 Å². The van der Waals surface area contributed by atoms with Gasteiger partial charge in [0.2, 0.25) is 11.4 Å². The Kier molecular flexibility index (Phi) is 7.15. The molecule has 202 valence electrons. The number of fused-ring (bicyclic) bond motifs is 1. The summed E-state index contributed by atoms with van der Waals surface area (Å²) in [5.74, 6) is -5.93. The predicted octanol–water partition coefficient (Wildman–Crippen LogP) is 2.55. The fourth-order valence-electron chi connectivity index (χ4n) is 4.33. The van der Waals surface area contributed by atoms with Gasteiger partial charge in [0.25, 0.3) is 11.8 Å². The molecule has 3 atom stereocenters. The van der Waals surface area contributed by atoms with E-state index in [4.69, 9.17) is 5.73 Å². The van der Waals surface area contributed by atoms with Gasteiger partial charge in [-0.1, -0.05) is 30.3 Å². The molecule has 2 unspecified atom stereocenters. The SMILES string of the molecule is C[C@H](NC(=O)C(C)(O)c1cc(F)cc(F)c1)C(=O)C1(N)N=C(c2ccccc2F)c2ccccc2N(C)C1=O. The zero-order chi connectivity index (χ0) is 28.7. The number of para-hydroxylation sites is 1. The fourth-order valence-corrected chi connectivity index (χ4v) is 4.33. The first-order valence-electron chi connectivity index (χ1n) is 11.8. The first-order chi connectivity index (χ1) is 18.3. The quantitative estimate of drug-likeness (QED) is 0.416. The first-order valence-corrected chi connectivity index (χ1v) is 11.8. The van der Waals surface area contributed by atoms with Crippen molar-refractivity contribution < 1.29 is 32.7 Å². The average Bonchev–Trinajstić information content (AvgIpc) is 2.97. The predicted molar refractivity (Wildman–Crippen MR) is 137 cm³/mol. The maximum Gasteiger partial charge on any atom is 0.277 e. The standard InChI is InChI=1S/C28H25F3N4O4/c1-15(33-25(37)27(2,39)16-12-17(29)14-18(30)13-16)24(36)28(32)26(38)35(3)22-11-7-5-9-20(22)23(34-28)19-8-4-6-10-21(19)31/h4-15,39H,32H2,1-3H3,(H,33,37)/t15-,27?,28?/m0/s1. The summed E-state index contributed by atoms with van der Waals surface area (Å²) in [5, 5.41) is 13.0. The fraction of sp³-hybridized carbons (Fsp3) is 0.214. The molecule has 0 saturated heterocycles. The molecule has 4 rings (SSSR count). The minimum atomic E-state index is -2.62. The Morgan fingerprint density at radius 1 is 1.03 bits per heavy atom. The number of nitrogens with one attached hydrogen (secondary N) is 1. The molecule has 0 bridgehead atoms. The highest BCUT2D eigenvalue weighted by Gasteiger charge is 2.49. The lowest BCUT2D eigenvalue weighted by atomic mass is 9.93. The molecule has 2 amide bonds. The lowest BCUT2D eigenvalue weighted by Crippen LogP contribution is -2.64. The highest BCUT2D eigenvalue weighted by Crippen LogP contribution is 2.31. The second-order valence-corrected chi connectivity index (χ2v) is 9.38. The summed E-state index contributed by atoms with van der Waals surface area (Å²) in [4.78, 5) is 45.5. The number of aliphatic imine (C=N–C) groups is 1. The third kappa shape index (κ3) is 4.93. The van der Waals surface area contributed by atoms with E-state index in [0.717, 1.165) is 24.0 Å². The van der Waals surface area contributed by atoms with Crippen LogP contribution in [0.15, 0.2) is 71.7 Å². The molecule has 0 spiro atoms. The van der Waals surface area contributed by atoms with Crippen LogP contribution < -0.4 is 16.0 Å². The maximum atomic E-state index is 14.9. The van der Waals surface area contributed by atoms with Crippen LogP contribution in [0.25, 0.3) is 0 Å². The van der Waals surface area contributed by atoms with Gasteiger partial charge in [-0.05, 0) is 49.7 Å². The van der Waals surface area contributed by atoms with E-state index in [2.05, 4.69) is 10.3 Å². The smallest absolute Gasteiger partial charge is 0.277 e. The largest absolute Gasteiger partial charge is 0.376 e. The van der Waals surface area contributed by atoms with E-state index in [1.165, 1.54) is 32.2 Å². The van der Waals surface area contributed by atoms with E-state index in [0.29, 0.717) is 17.3 Å². The summed E-state index contributed by atoms with van der Waals surface area (Å²) in [7, 11) is 1.38. The topological polar surface area (TPSA) is 125 Å². The van der Waals surface area contributed by atoms with E-state index < -0.39 is 57.9 Å². The number of benzodiazepines with no additional fused rings is 1. The Bertz CT molecular complexity index is 1500. The highest BCUT2D eigenvalue weighted by molar-refractivity contribution is 6.26. The van der Waals surface area contributed by atoms with Crippen molar-refractivity contribution in [3.05, 3.63) is 101 Å². The van der Waals surface area contributed by atoms with Gasteiger partial charge in [-0.3, -0.25) is 20.1 Å². The zero-order valence-electron chi connectivity index (χ0n) is 21.2. The summed E-state index contributed by atoms with van der Waals surface area (Å²) in [6, 6.07) is 12.7. The van der Waals surface area contributed by atoms with Gasteiger partial charge in [0, 0.05) is 24.2 Å². The molecule has 0 fully saturated rings. The molecule has 39 heavy (non-hydrogen) atoms. The Labute approximate surface area is 222 Å². The minimum absolute atomic E-state index is 0.0107. The molecule has 4 N–H and O–H groups in total. The summed E-state index contributed by atoms with van der Waals surface area (Å²) in [6.07, 6.45) is 0. The second-order valence-electron chi connectivity index (χ2n) is 9.38. The number of hydrogen-bond donors (Lipinski definition) is 3. The molecule has 8 nitrogen and oxygen atoms in total. The van der Waals surface area contributed by atoms with Gasteiger partial charge in [-0.15, -0.1) is 0 Å². The highest BCUT2D eigenvalue weighted by atomic mass is 19.1. The van der Waals surface area contributed by atoms with E-state index in [9.17, 15) is 32.7 Å². The Morgan fingerprint density at radius 2 is 1.59 bits per heavy atom. The average molecular weight is 539 g/mol. The van der Waals surface area contributed by atoms with Crippen LogP contribution in [-0.4, -0.2) is 47.2 Å². The number of anilines is 1. The molecule has 0 saturated carbocycles. The molecular formula is C28H25F3N4O4. The van der Waals surface area contributed by atoms with Gasteiger partial charge in [0.15, 0.2) is 5.60 Å². The van der Waals surface area contributed by atoms with Crippen molar-refractivity contribution in [2.45, 2.75) is 31.2 Å². The van der Waals surface area contributed by atoms with Gasteiger partial charge in [-0.2, -0.15) is 0 Å². The van der Waals surface area contributed by atoms with E-state index in [1.54, 1.807) is 30.3 Å². The second kappa shape index (κ2) is 10.1. The molecule has 0 aliphatic carbocycles. The van der Waals surface area contributed by atoms with E-state index in [1.807, 2.05) is 0 Å². The van der Waals surface area contributed by atoms with Gasteiger partial charge < -0.3 is 15.3 Å². The number of rotatable bonds is 6. The number of halogens is 3. The number of aliphatic hydroxyl groups is 1. The van der Waals surface area contributed by atoms with Crippen LogP contribution in [0.5, 0.6) is 0 Å². The third-order valence-electron chi connectivity index (χ3n) is 6.55. The van der Waals surface area contributed by atoms with Crippen molar-refractivity contribution in [1.82, 2.24) is 5.32 Å². The van der Waals surface area contributed by atoms with Crippen LogP contribution in [0.3, 0.4) is 0 Å². The van der Waals surface area contributed by atoms with Crippen LogP contribution in [0.2, 0.25) is 0 Å². The first kappa shape index (κ1) is 27.7. The van der Waals surface area contributed by atoms with Crippen LogP contribution in [0.1, 0.15) is 30.5 Å². The van der Waals surface area contributed by atoms with E-state index >= 15 is 0 Å². The number of carbonyl (C=O) groups is 3. The number of carbonyl (C=O) groups excluding carboxylic acids is 3. The van der Waals surface area contributed by atoms with Crippen LogP contribution in [0.4, 0.5) is 18.9 Å². The number of nitrogens with zero attached hydrogens (tertiary/aromatic N) is 2. The third-order valence-corrected chi connectivity index (χ3v) is 6.55. The van der Waals surface area contributed by atoms with Crippen molar-refractivity contribution in [3.8, 4) is 0 Å². The molecule has 3 aromatic carbocycles. The number of nitrogens with two attached hydrogens (primary N) is 1. The van der Waals surface area contributed by atoms with Gasteiger partial charge in [0.05, 0.1) is 17.4 Å². The van der Waals surface area contributed by atoms with Crippen molar-refractivity contribution in [1.29, 1.82) is 0 Å². The molecule has 0 aromatic heterocycles. The van der Waals surface area contributed by atoms with Crippen molar-refractivity contribution in [2.24, 2.45) is 10.7 Å². The molecule has 11 heteroatoms. The molecule has 1 aliphatic rings. The van der Waals surface area contributed by atoms with Gasteiger partial charge in [0.1, 0.15) is 17.5 Å². The summed E-state index contributed by atoms with van der Waals surface area (Å²) < 4.78 is 42.3. The van der Waals surface area contributed by atoms with Crippen molar-refractivity contribution in [3.63, 3.8) is 0 Å². The van der Waals surface area contributed by atoms with Crippen LogP contribution in [0, 0.1) is 17.5 Å². The van der Waals surface area contributed by atoms with Crippen molar-refractivity contribution in [2.75, 3.05) is 11.9 Å². The Morgan fingerprint density at radius 3 is 2.21 bits per heavy atom. The molecule has 3 aromatic rings. The number of Topliss-reactive ketones (excluding diaryl/α,β-unsaturated/α-hetero) is 1. The van der Waals surface area contributed by atoms with Crippen molar-refractivity contribution >= 4 is 29.0 Å². The van der Waals surface area contributed by atoms with Gasteiger partial charge >= 0.3 is 0 Å². The lowest BCUT2D eigenvalue weighted by Gasteiger charge is -2.30. The number of hydrogen-bond acceptors (Lipinski definition) is 6. The minimum Gasteiger partial charge on any atom is -0.376 e. The molecule has 0 radical (unpaired) electrons. The number of amides is 2. The van der Waals surface area contributed by atoms with Crippen LogP contribution in [-0.2, 0) is 20.0 Å². The lowest BCUT2D eigenvalue weighted by molar-refractivity contribution is -0.143. The van der Waals surface area contributed by atoms with Crippen LogP contribution >= 0.6 is 0 Å². The molecule has 1 aliphatic heterocycles. The zero-order valence-corrected chi connectivity index (χ0v) is 21.2. The number of likely N-dealkylation sites (N-methyl/N-ethyl adjacent to an activating group) is 1. The summed E-state index contributed by atoms with van der Waals surface area (Å²) >= 11 is 0. The number of ketones is 1. The molecule has 1 heterocycles. The summed E-state index contributed by atoms with van der Waals surface area (Å²) in [6.45, 7) is 2.20. The maximum absolute atomic E-state index is 14.9. The Balaban J connectivity index is 1.74. The normalized spacial score (nSPS) is 19.3. The molecular weight excluding hydrogens is 513 g/mol. The summed E-state index contributed by atoms with van der Waals surface area (Å²) in [5.41, 5.74) is 1.48. The monoisotopic (exact) mass is 538 g/mol. The Hall–Kier alpha value is -4.35.